The van der Waals surface area contributed by atoms with Crippen molar-refractivity contribution in [2.45, 2.75) is 11.8 Å². The minimum absolute atomic E-state index is 0.318. The average Bonchev–Trinajstić information content (AvgIpc) is 2.54. The summed E-state index contributed by atoms with van der Waals surface area (Å²) in [5, 5.41) is 0. The molecule has 2 aromatic heterocycles. The van der Waals surface area contributed by atoms with Crippen LogP contribution in [0.15, 0.2) is 59.8 Å². The van der Waals surface area contributed by atoms with Gasteiger partial charge in [-0.05, 0) is 31.2 Å². The third kappa shape index (κ3) is 3.05. The van der Waals surface area contributed by atoms with E-state index in [1.165, 1.54) is 12.1 Å². The van der Waals surface area contributed by atoms with Gasteiger partial charge in [0.05, 0.1) is 5.69 Å². The maximum atomic E-state index is 14.2. The Bertz CT molecular complexity index is 1020. The molecule has 0 unspecified atom stereocenters. The Labute approximate surface area is 140 Å². The van der Waals surface area contributed by atoms with Crippen LogP contribution < -0.4 is 0 Å². The average molecular weight is 342 g/mol. The lowest BCUT2D eigenvalue weighted by atomic mass is 9.98. The van der Waals surface area contributed by atoms with Crippen LogP contribution in [0.3, 0.4) is 0 Å². The number of sulfone groups is 1. The second kappa shape index (κ2) is 6.13. The van der Waals surface area contributed by atoms with Crippen LogP contribution in [-0.4, -0.2) is 24.6 Å². The van der Waals surface area contributed by atoms with Crippen LogP contribution in [0.25, 0.3) is 22.4 Å². The third-order valence-corrected chi connectivity index (χ3v) is 4.84. The zero-order valence-corrected chi connectivity index (χ0v) is 14.0. The maximum absolute atomic E-state index is 14.2. The highest BCUT2D eigenvalue weighted by Gasteiger charge is 2.17. The normalized spacial score (nSPS) is 11.5. The lowest BCUT2D eigenvalue weighted by Gasteiger charge is -2.11. The summed E-state index contributed by atoms with van der Waals surface area (Å²) in [7, 11) is -3.61. The first-order valence-electron chi connectivity index (χ1n) is 7.25. The SMILES string of the molecule is Cc1ncccc1-c1cccnc1-c1ccc(S(C)(=O)=O)c(F)c1. The third-order valence-electron chi connectivity index (χ3n) is 3.71. The van der Waals surface area contributed by atoms with Crippen LogP contribution in [0, 0.1) is 12.7 Å². The van der Waals surface area contributed by atoms with Gasteiger partial charge < -0.3 is 0 Å². The van der Waals surface area contributed by atoms with Crippen LogP contribution in [0.2, 0.25) is 0 Å². The summed E-state index contributed by atoms with van der Waals surface area (Å²) in [4.78, 5) is 8.31. The molecule has 0 aliphatic rings. The van der Waals surface area contributed by atoms with Gasteiger partial charge in [-0.1, -0.05) is 18.2 Å². The predicted octanol–water partition coefficient (Wildman–Crippen LogP) is 3.66. The Morgan fingerprint density at radius 2 is 1.62 bits per heavy atom. The first-order valence-corrected chi connectivity index (χ1v) is 9.14. The molecular weight excluding hydrogens is 327 g/mol. The summed E-state index contributed by atoms with van der Waals surface area (Å²) in [6.45, 7) is 1.89. The van der Waals surface area contributed by atoms with E-state index in [9.17, 15) is 12.8 Å². The van der Waals surface area contributed by atoms with Gasteiger partial charge in [0.15, 0.2) is 9.84 Å². The minimum Gasteiger partial charge on any atom is -0.261 e. The van der Waals surface area contributed by atoms with Gasteiger partial charge >= 0.3 is 0 Å². The molecule has 0 radical (unpaired) electrons. The molecule has 0 N–H and O–H groups in total. The van der Waals surface area contributed by atoms with Gasteiger partial charge in [0.2, 0.25) is 0 Å². The largest absolute Gasteiger partial charge is 0.261 e. The van der Waals surface area contributed by atoms with E-state index in [4.69, 9.17) is 0 Å². The minimum atomic E-state index is -3.61. The van der Waals surface area contributed by atoms with E-state index >= 15 is 0 Å². The van der Waals surface area contributed by atoms with Crippen molar-refractivity contribution in [1.82, 2.24) is 9.97 Å². The molecule has 0 saturated carbocycles. The summed E-state index contributed by atoms with van der Waals surface area (Å²) in [6, 6.07) is 11.5. The van der Waals surface area contributed by atoms with Gasteiger partial charge in [-0.25, -0.2) is 12.8 Å². The number of halogens is 1. The number of rotatable bonds is 3. The zero-order valence-electron chi connectivity index (χ0n) is 13.2. The lowest BCUT2D eigenvalue weighted by Crippen LogP contribution is -2.01. The highest BCUT2D eigenvalue weighted by molar-refractivity contribution is 7.90. The molecule has 3 rings (SSSR count). The molecule has 0 aliphatic carbocycles. The molecular formula is C18H15FN2O2S. The molecule has 0 atom stereocenters. The number of hydrogen-bond acceptors (Lipinski definition) is 4. The summed E-state index contributed by atoms with van der Waals surface area (Å²) >= 11 is 0. The van der Waals surface area contributed by atoms with Crippen LogP contribution >= 0.6 is 0 Å². The molecule has 6 heteroatoms. The summed E-state index contributed by atoms with van der Waals surface area (Å²) in [6.07, 6.45) is 4.30. The van der Waals surface area contributed by atoms with Crippen molar-refractivity contribution in [1.29, 1.82) is 0 Å². The van der Waals surface area contributed by atoms with E-state index in [0.717, 1.165) is 23.1 Å². The predicted molar refractivity (Wildman–Crippen MR) is 90.7 cm³/mol. The van der Waals surface area contributed by atoms with Crippen molar-refractivity contribution in [2.75, 3.05) is 6.26 Å². The molecule has 0 amide bonds. The lowest BCUT2D eigenvalue weighted by molar-refractivity contribution is 0.571. The Balaban J connectivity index is 2.19. The van der Waals surface area contributed by atoms with Gasteiger partial charge in [0.1, 0.15) is 10.7 Å². The quantitative estimate of drug-likeness (QED) is 0.729. The second-order valence-corrected chi connectivity index (χ2v) is 7.44. The summed E-state index contributed by atoms with van der Waals surface area (Å²) in [5.74, 6) is -0.783. The van der Waals surface area contributed by atoms with Crippen molar-refractivity contribution in [3.63, 3.8) is 0 Å². The van der Waals surface area contributed by atoms with E-state index in [-0.39, 0.29) is 4.90 Å². The van der Waals surface area contributed by atoms with Gasteiger partial charge in [-0.3, -0.25) is 9.97 Å². The van der Waals surface area contributed by atoms with Crippen molar-refractivity contribution in [2.24, 2.45) is 0 Å². The molecule has 1 aromatic carbocycles. The first-order chi connectivity index (χ1) is 11.4. The van der Waals surface area contributed by atoms with Crippen molar-refractivity contribution >= 4 is 9.84 Å². The molecule has 4 nitrogen and oxygen atoms in total. The van der Waals surface area contributed by atoms with E-state index in [0.29, 0.717) is 11.3 Å². The monoisotopic (exact) mass is 342 g/mol. The molecule has 0 bridgehead atoms. The number of aryl methyl sites for hydroxylation is 1. The van der Waals surface area contributed by atoms with Crippen molar-refractivity contribution in [3.05, 3.63) is 66.4 Å². The number of pyridine rings is 2. The zero-order chi connectivity index (χ0) is 17.3. The van der Waals surface area contributed by atoms with Gasteiger partial charge in [0.25, 0.3) is 0 Å². The van der Waals surface area contributed by atoms with E-state index in [1.807, 2.05) is 25.1 Å². The Morgan fingerprint density at radius 3 is 2.25 bits per heavy atom. The fraction of sp³-hybridized carbons (Fsp3) is 0.111. The Hall–Kier alpha value is -2.60. The van der Waals surface area contributed by atoms with Crippen LogP contribution in [0.4, 0.5) is 4.39 Å². The number of hydrogen-bond donors (Lipinski definition) is 0. The molecule has 2 heterocycles. The molecule has 3 aromatic rings. The first kappa shape index (κ1) is 16.3. The summed E-state index contributed by atoms with van der Waals surface area (Å²) in [5.41, 5.74) is 3.63. The topological polar surface area (TPSA) is 59.9 Å². The fourth-order valence-electron chi connectivity index (χ4n) is 2.57. The molecule has 0 spiro atoms. The molecule has 24 heavy (non-hydrogen) atoms. The molecule has 0 saturated heterocycles. The number of nitrogens with zero attached hydrogens (tertiary/aromatic N) is 2. The van der Waals surface area contributed by atoms with Gasteiger partial charge in [-0.2, -0.15) is 0 Å². The number of benzene rings is 1. The fourth-order valence-corrected chi connectivity index (χ4v) is 3.30. The van der Waals surface area contributed by atoms with E-state index in [2.05, 4.69) is 9.97 Å². The summed E-state index contributed by atoms with van der Waals surface area (Å²) < 4.78 is 37.4. The second-order valence-electron chi connectivity index (χ2n) is 5.45. The van der Waals surface area contributed by atoms with Crippen LogP contribution in [0.5, 0.6) is 0 Å². The molecule has 122 valence electrons. The van der Waals surface area contributed by atoms with Gasteiger partial charge in [-0.15, -0.1) is 0 Å². The van der Waals surface area contributed by atoms with E-state index in [1.54, 1.807) is 24.5 Å². The standard InChI is InChI=1S/C18H15FN2O2S/c1-12-14(5-3-9-20-12)15-6-4-10-21-18(15)13-7-8-17(16(19)11-13)24(2,22)23/h3-11H,1-2H3. The smallest absolute Gasteiger partial charge is 0.178 e. The maximum Gasteiger partial charge on any atom is 0.178 e. The highest BCUT2D eigenvalue weighted by Crippen LogP contribution is 2.32. The van der Waals surface area contributed by atoms with E-state index < -0.39 is 15.7 Å². The van der Waals surface area contributed by atoms with Crippen LogP contribution in [-0.2, 0) is 9.84 Å². The highest BCUT2D eigenvalue weighted by atomic mass is 32.2. The van der Waals surface area contributed by atoms with Crippen molar-refractivity contribution in [3.8, 4) is 22.4 Å². The Morgan fingerprint density at radius 1 is 0.958 bits per heavy atom. The van der Waals surface area contributed by atoms with Crippen LogP contribution in [0.1, 0.15) is 5.69 Å². The Kier molecular flexibility index (Phi) is 4.15. The molecule has 0 aliphatic heterocycles. The number of aromatic nitrogens is 2. The van der Waals surface area contributed by atoms with Gasteiger partial charge in [0, 0.05) is 41.0 Å². The van der Waals surface area contributed by atoms with Crippen molar-refractivity contribution < 1.29 is 12.8 Å². The molecule has 0 fully saturated rings.